The summed E-state index contributed by atoms with van der Waals surface area (Å²) in [6.07, 6.45) is 0.786. The van der Waals surface area contributed by atoms with Crippen LogP contribution in [0.4, 0.5) is 0 Å². The molecule has 1 atom stereocenters. The van der Waals surface area contributed by atoms with E-state index in [-0.39, 0.29) is 16.8 Å². The van der Waals surface area contributed by atoms with Gasteiger partial charge in [0.15, 0.2) is 0 Å². The van der Waals surface area contributed by atoms with Crippen molar-refractivity contribution in [1.82, 2.24) is 4.90 Å². The Morgan fingerprint density at radius 1 is 1.30 bits per heavy atom. The maximum Gasteiger partial charge on any atom is 0.345 e. The largest absolute Gasteiger partial charge is 0.477 e. The Labute approximate surface area is 137 Å². The van der Waals surface area contributed by atoms with E-state index in [4.69, 9.17) is 14.3 Å². The van der Waals surface area contributed by atoms with Crippen LogP contribution in [0.25, 0.3) is 0 Å². The van der Waals surface area contributed by atoms with E-state index < -0.39 is 5.97 Å². The summed E-state index contributed by atoms with van der Waals surface area (Å²) in [5.41, 5.74) is 0. The summed E-state index contributed by atoms with van der Waals surface area (Å²) in [7, 11) is 0. The number of hydrogen-bond donors (Lipinski definition) is 1. The number of carbonyl (C=O) groups excluding carboxylic acids is 1. The van der Waals surface area contributed by atoms with E-state index in [1.54, 1.807) is 11.0 Å². The van der Waals surface area contributed by atoms with Crippen molar-refractivity contribution in [3.05, 3.63) is 45.5 Å². The molecule has 1 N–H and O–H groups in total. The van der Waals surface area contributed by atoms with Crippen molar-refractivity contribution in [3.63, 3.8) is 0 Å². The normalized spacial score (nSPS) is 18.1. The highest BCUT2D eigenvalue weighted by Gasteiger charge is 2.32. The van der Waals surface area contributed by atoms with E-state index in [1.807, 2.05) is 19.1 Å². The maximum atomic E-state index is 12.7. The molecule has 3 heterocycles. The molecule has 0 spiro atoms. The first kappa shape index (κ1) is 15.8. The first-order valence-corrected chi connectivity index (χ1v) is 8.22. The zero-order chi connectivity index (χ0) is 16.4. The van der Waals surface area contributed by atoms with Gasteiger partial charge in [-0.25, -0.2) is 4.79 Å². The average Bonchev–Trinajstić information content (AvgIpc) is 3.23. The van der Waals surface area contributed by atoms with Crippen LogP contribution in [-0.2, 0) is 11.2 Å². The molecule has 23 heavy (non-hydrogen) atoms. The molecular weight excluding hydrogens is 318 g/mol. The Morgan fingerprint density at radius 3 is 2.74 bits per heavy atom. The van der Waals surface area contributed by atoms with E-state index in [0.717, 1.165) is 23.5 Å². The van der Waals surface area contributed by atoms with Gasteiger partial charge in [0.2, 0.25) is 0 Å². The van der Waals surface area contributed by atoms with E-state index in [9.17, 15) is 9.59 Å². The quantitative estimate of drug-likeness (QED) is 0.929. The minimum Gasteiger partial charge on any atom is -0.477 e. The van der Waals surface area contributed by atoms with Gasteiger partial charge in [0.1, 0.15) is 22.4 Å². The molecule has 1 aliphatic rings. The number of thiophene rings is 1. The lowest BCUT2D eigenvalue weighted by molar-refractivity contribution is -0.00876. The second-order valence-corrected chi connectivity index (χ2v) is 6.30. The number of furan rings is 1. The summed E-state index contributed by atoms with van der Waals surface area (Å²) in [6, 6.07) is 6.50. The zero-order valence-electron chi connectivity index (χ0n) is 12.7. The standard InChI is InChI=1S/C16H17NO5S/c1-2-10-3-4-12(22-10)11-9-21-8-7-17(11)15(18)13-5-6-14(23-13)16(19)20/h3-6,11H,2,7-9H2,1H3,(H,19,20)/t11-/m1/s1. The van der Waals surface area contributed by atoms with Gasteiger partial charge in [0.25, 0.3) is 5.91 Å². The fourth-order valence-electron chi connectivity index (χ4n) is 2.56. The van der Waals surface area contributed by atoms with Crippen LogP contribution in [0.3, 0.4) is 0 Å². The average molecular weight is 335 g/mol. The van der Waals surface area contributed by atoms with Crippen LogP contribution in [0.2, 0.25) is 0 Å². The van der Waals surface area contributed by atoms with E-state index in [2.05, 4.69) is 0 Å². The third kappa shape index (κ3) is 3.16. The summed E-state index contributed by atoms with van der Waals surface area (Å²) in [4.78, 5) is 26.0. The maximum absolute atomic E-state index is 12.7. The van der Waals surface area contributed by atoms with Crippen molar-refractivity contribution in [3.8, 4) is 0 Å². The number of carbonyl (C=O) groups is 2. The van der Waals surface area contributed by atoms with Crippen molar-refractivity contribution in [1.29, 1.82) is 0 Å². The summed E-state index contributed by atoms with van der Waals surface area (Å²) >= 11 is 0.988. The molecule has 6 nitrogen and oxygen atoms in total. The van der Waals surface area contributed by atoms with Crippen LogP contribution < -0.4 is 0 Å². The molecule has 2 aromatic rings. The fraction of sp³-hybridized carbons (Fsp3) is 0.375. The molecule has 7 heteroatoms. The topological polar surface area (TPSA) is 80.0 Å². The number of carboxylic acids is 1. The van der Waals surface area contributed by atoms with Crippen LogP contribution in [0.1, 0.15) is 43.8 Å². The predicted octanol–water partition coefficient (Wildman–Crippen LogP) is 2.82. The van der Waals surface area contributed by atoms with Gasteiger partial charge in [-0.15, -0.1) is 11.3 Å². The van der Waals surface area contributed by atoms with Crippen LogP contribution in [-0.4, -0.2) is 41.6 Å². The van der Waals surface area contributed by atoms with Crippen molar-refractivity contribution in [2.75, 3.05) is 19.8 Å². The Morgan fingerprint density at radius 2 is 2.09 bits per heavy atom. The van der Waals surface area contributed by atoms with Crippen molar-refractivity contribution in [2.45, 2.75) is 19.4 Å². The van der Waals surface area contributed by atoms with Gasteiger partial charge in [-0.2, -0.15) is 0 Å². The third-order valence-corrected chi connectivity index (χ3v) is 4.84. The molecule has 0 radical (unpaired) electrons. The summed E-state index contributed by atoms with van der Waals surface area (Å²) < 4.78 is 11.3. The summed E-state index contributed by atoms with van der Waals surface area (Å²) in [6.45, 7) is 3.29. The van der Waals surface area contributed by atoms with Crippen LogP contribution in [0.15, 0.2) is 28.7 Å². The van der Waals surface area contributed by atoms with Gasteiger partial charge in [0.05, 0.1) is 18.1 Å². The van der Waals surface area contributed by atoms with Gasteiger partial charge in [-0.05, 0) is 24.3 Å². The Kier molecular flexibility index (Phi) is 4.49. The lowest BCUT2D eigenvalue weighted by Crippen LogP contribution is -2.43. The SMILES string of the molecule is CCc1ccc([C@H]2COCCN2C(=O)c2ccc(C(=O)O)s2)o1. The van der Waals surface area contributed by atoms with Crippen LogP contribution >= 0.6 is 11.3 Å². The number of carboxylic acid groups (broad SMARTS) is 1. The molecule has 0 saturated carbocycles. The van der Waals surface area contributed by atoms with E-state index in [0.29, 0.717) is 30.4 Å². The van der Waals surface area contributed by atoms with Gasteiger partial charge in [-0.1, -0.05) is 6.92 Å². The number of ether oxygens (including phenoxy) is 1. The number of nitrogens with zero attached hydrogens (tertiary/aromatic N) is 1. The molecule has 1 fully saturated rings. The number of aryl methyl sites for hydroxylation is 1. The Bertz CT molecular complexity index is 720. The molecule has 1 aliphatic heterocycles. The molecule has 0 aliphatic carbocycles. The van der Waals surface area contributed by atoms with E-state index >= 15 is 0 Å². The molecule has 0 unspecified atom stereocenters. The van der Waals surface area contributed by atoms with Crippen molar-refractivity contribution < 1.29 is 23.8 Å². The summed E-state index contributed by atoms with van der Waals surface area (Å²) in [5.74, 6) is 0.351. The summed E-state index contributed by atoms with van der Waals surface area (Å²) in [5, 5.41) is 9.00. The molecule has 0 aromatic carbocycles. The highest BCUT2D eigenvalue weighted by Crippen LogP contribution is 2.29. The predicted molar refractivity (Wildman–Crippen MR) is 84.0 cm³/mol. The molecule has 0 bridgehead atoms. The van der Waals surface area contributed by atoms with E-state index in [1.165, 1.54) is 6.07 Å². The molecule has 3 rings (SSSR count). The van der Waals surface area contributed by atoms with Gasteiger partial charge in [0, 0.05) is 13.0 Å². The highest BCUT2D eigenvalue weighted by atomic mass is 32.1. The first-order valence-electron chi connectivity index (χ1n) is 7.40. The van der Waals surface area contributed by atoms with Crippen molar-refractivity contribution in [2.24, 2.45) is 0 Å². The minimum absolute atomic E-state index is 0.157. The first-order chi connectivity index (χ1) is 11.1. The fourth-order valence-corrected chi connectivity index (χ4v) is 3.36. The second-order valence-electron chi connectivity index (χ2n) is 5.22. The van der Waals surface area contributed by atoms with Crippen LogP contribution in [0, 0.1) is 0 Å². The smallest absolute Gasteiger partial charge is 0.345 e. The van der Waals surface area contributed by atoms with Gasteiger partial charge < -0.3 is 19.2 Å². The minimum atomic E-state index is -1.02. The Hall–Kier alpha value is -2.12. The van der Waals surface area contributed by atoms with Crippen molar-refractivity contribution >= 4 is 23.2 Å². The molecule has 122 valence electrons. The van der Waals surface area contributed by atoms with Gasteiger partial charge >= 0.3 is 5.97 Å². The Balaban J connectivity index is 1.85. The number of amides is 1. The molecule has 2 aromatic heterocycles. The zero-order valence-corrected chi connectivity index (χ0v) is 13.5. The van der Waals surface area contributed by atoms with Gasteiger partial charge in [-0.3, -0.25) is 4.79 Å². The number of hydrogen-bond acceptors (Lipinski definition) is 5. The number of rotatable bonds is 4. The lowest BCUT2D eigenvalue weighted by atomic mass is 10.1. The third-order valence-electron chi connectivity index (χ3n) is 3.78. The second kappa shape index (κ2) is 6.55. The number of aromatic carboxylic acids is 1. The highest BCUT2D eigenvalue weighted by molar-refractivity contribution is 7.15. The molecule has 1 saturated heterocycles. The molecular formula is C16H17NO5S. The lowest BCUT2D eigenvalue weighted by Gasteiger charge is -2.34. The molecule has 1 amide bonds. The van der Waals surface area contributed by atoms with Crippen LogP contribution in [0.5, 0.6) is 0 Å². The number of morpholine rings is 1. The monoisotopic (exact) mass is 335 g/mol.